The van der Waals surface area contributed by atoms with E-state index in [1.54, 1.807) is 37.4 Å². The summed E-state index contributed by atoms with van der Waals surface area (Å²) < 4.78 is 13.1. The molecule has 0 spiro atoms. The summed E-state index contributed by atoms with van der Waals surface area (Å²) in [5.41, 5.74) is 2.67. The zero-order valence-electron chi connectivity index (χ0n) is 17.0. The van der Waals surface area contributed by atoms with Gasteiger partial charge in [0, 0.05) is 34.1 Å². The number of nitrogens with one attached hydrogen (secondary N) is 1. The van der Waals surface area contributed by atoms with Crippen molar-refractivity contribution in [3.05, 3.63) is 57.3 Å². The van der Waals surface area contributed by atoms with Crippen LogP contribution in [0.4, 0.5) is 0 Å². The van der Waals surface area contributed by atoms with Gasteiger partial charge in [-0.05, 0) is 51.1 Å². The largest absolute Gasteiger partial charge is 0.456 e. The van der Waals surface area contributed by atoms with E-state index in [1.807, 2.05) is 25.3 Å². The van der Waals surface area contributed by atoms with Crippen LogP contribution in [0.5, 0.6) is 0 Å². The van der Waals surface area contributed by atoms with Gasteiger partial charge in [0.25, 0.3) is 5.91 Å². The van der Waals surface area contributed by atoms with Crippen molar-refractivity contribution in [3.63, 3.8) is 0 Å². The van der Waals surface area contributed by atoms with Crippen LogP contribution in [0.1, 0.15) is 45.1 Å². The molecule has 1 atom stereocenters. The maximum absolute atomic E-state index is 12.5. The second-order valence-corrected chi connectivity index (χ2v) is 7.65. The summed E-state index contributed by atoms with van der Waals surface area (Å²) in [7, 11) is 1.63. The first-order chi connectivity index (χ1) is 13.7. The molecular formula is C21H25BrN2O5. The average molecular weight is 465 g/mol. The van der Waals surface area contributed by atoms with E-state index in [-0.39, 0.29) is 25.0 Å². The molecule has 1 aromatic heterocycles. The molecule has 1 N–H and O–H groups in total. The van der Waals surface area contributed by atoms with E-state index in [9.17, 15) is 14.4 Å². The monoisotopic (exact) mass is 464 g/mol. The number of aryl methyl sites for hydroxylation is 1. The molecule has 0 bridgehead atoms. The summed E-state index contributed by atoms with van der Waals surface area (Å²) in [5, 5.41) is 2.48. The molecular weight excluding hydrogens is 440 g/mol. The predicted octanol–water partition coefficient (Wildman–Crippen LogP) is 3.23. The second kappa shape index (κ2) is 10.4. The van der Waals surface area contributed by atoms with Crippen molar-refractivity contribution in [1.82, 2.24) is 9.88 Å². The molecule has 156 valence electrons. The first kappa shape index (κ1) is 22.8. The van der Waals surface area contributed by atoms with Crippen LogP contribution < -0.4 is 5.32 Å². The Bertz CT molecular complexity index is 889. The number of hydrogen-bond donors (Lipinski definition) is 1. The van der Waals surface area contributed by atoms with Crippen LogP contribution in [-0.4, -0.2) is 49.1 Å². The van der Waals surface area contributed by atoms with E-state index in [4.69, 9.17) is 9.47 Å². The molecule has 1 unspecified atom stereocenters. The number of rotatable bonds is 9. The molecule has 1 heterocycles. The summed E-state index contributed by atoms with van der Waals surface area (Å²) in [6, 6.07) is 8.60. The molecule has 0 aliphatic heterocycles. The number of benzene rings is 1. The fourth-order valence-corrected chi connectivity index (χ4v) is 3.45. The first-order valence-corrected chi connectivity index (χ1v) is 9.93. The number of ether oxygens (including phenoxy) is 2. The Morgan fingerprint density at radius 3 is 2.45 bits per heavy atom. The van der Waals surface area contributed by atoms with Crippen molar-refractivity contribution in [2.24, 2.45) is 0 Å². The standard InChI is InChI=1S/C21H25BrN2O5/c1-13-9-18(15(3)24(13)14(2)11-28-4)19(25)12-29-20(26)10-23-21(27)16-5-7-17(22)8-6-16/h5-9,14H,10-12H2,1-4H3,(H,23,27). The van der Waals surface area contributed by atoms with Gasteiger partial charge in [-0.25, -0.2) is 0 Å². The highest BCUT2D eigenvalue weighted by atomic mass is 79.9. The van der Waals surface area contributed by atoms with Crippen LogP contribution in [0.25, 0.3) is 0 Å². The molecule has 0 aliphatic carbocycles. The molecule has 0 saturated heterocycles. The third-order valence-electron chi connectivity index (χ3n) is 4.50. The highest BCUT2D eigenvalue weighted by molar-refractivity contribution is 9.10. The lowest BCUT2D eigenvalue weighted by Crippen LogP contribution is -2.31. The van der Waals surface area contributed by atoms with Crippen molar-refractivity contribution < 1.29 is 23.9 Å². The van der Waals surface area contributed by atoms with Crippen molar-refractivity contribution in [1.29, 1.82) is 0 Å². The Morgan fingerprint density at radius 1 is 1.17 bits per heavy atom. The van der Waals surface area contributed by atoms with Crippen molar-refractivity contribution >= 4 is 33.6 Å². The summed E-state index contributed by atoms with van der Waals surface area (Å²) in [4.78, 5) is 36.4. The molecule has 1 aromatic carbocycles. The number of methoxy groups -OCH3 is 1. The van der Waals surface area contributed by atoms with Gasteiger partial charge in [0.05, 0.1) is 12.6 Å². The smallest absolute Gasteiger partial charge is 0.325 e. The molecule has 0 saturated carbocycles. The maximum atomic E-state index is 12.5. The van der Waals surface area contributed by atoms with E-state index >= 15 is 0 Å². The number of amides is 1. The Labute approximate surface area is 178 Å². The number of esters is 1. The van der Waals surface area contributed by atoms with Crippen LogP contribution in [0.15, 0.2) is 34.8 Å². The van der Waals surface area contributed by atoms with Gasteiger partial charge in [-0.15, -0.1) is 0 Å². The Kier molecular flexibility index (Phi) is 8.16. The fourth-order valence-electron chi connectivity index (χ4n) is 3.18. The number of hydrogen-bond acceptors (Lipinski definition) is 5. The number of carbonyl (C=O) groups excluding carboxylic acids is 3. The van der Waals surface area contributed by atoms with Crippen LogP contribution in [0.2, 0.25) is 0 Å². The normalized spacial score (nSPS) is 11.8. The predicted molar refractivity (Wildman–Crippen MR) is 112 cm³/mol. The molecule has 2 rings (SSSR count). The summed E-state index contributed by atoms with van der Waals surface area (Å²) in [6.07, 6.45) is 0. The Hall–Kier alpha value is -2.45. The Balaban J connectivity index is 1.88. The fraction of sp³-hybridized carbons (Fsp3) is 0.381. The summed E-state index contributed by atoms with van der Waals surface area (Å²) >= 11 is 3.29. The zero-order chi connectivity index (χ0) is 21.6. The van der Waals surface area contributed by atoms with Crippen LogP contribution in [0.3, 0.4) is 0 Å². The van der Waals surface area contributed by atoms with Gasteiger partial charge >= 0.3 is 5.97 Å². The SMILES string of the molecule is COCC(C)n1c(C)cc(C(=O)COC(=O)CNC(=O)c2ccc(Br)cc2)c1C. The lowest BCUT2D eigenvalue weighted by Gasteiger charge is -2.17. The van der Waals surface area contributed by atoms with E-state index in [1.165, 1.54) is 0 Å². The van der Waals surface area contributed by atoms with Gasteiger partial charge < -0.3 is 19.4 Å². The maximum Gasteiger partial charge on any atom is 0.325 e. The number of carbonyl (C=O) groups is 3. The number of nitrogens with zero attached hydrogens (tertiary/aromatic N) is 1. The van der Waals surface area contributed by atoms with Crippen molar-refractivity contribution in [2.45, 2.75) is 26.8 Å². The summed E-state index contributed by atoms with van der Waals surface area (Å²) in [5.74, 6) is -1.36. The number of Topliss-reactive ketones (excluding diaryl/α,β-unsaturated/α-hetero) is 1. The molecule has 0 aliphatic rings. The van der Waals surface area contributed by atoms with Gasteiger partial charge in [0.15, 0.2) is 6.61 Å². The second-order valence-electron chi connectivity index (χ2n) is 6.73. The third-order valence-corrected chi connectivity index (χ3v) is 5.03. The topological polar surface area (TPSA) is 86.6 Å². The van der Waals surface area contributed by atoms with Gasteiger partial charge in [0.1, 0.15) is 6.54 Å². The molecule has 7 nitrogen and oxygen atoms in total. The van der Waals surface area contributed by atoms with Crippen molar-refractivity contribution in [2.75, 3.05) is 26.9 Å². The van der Waals surface area contributed by atoms with E-state index in [2.05, 4.69) is 21.2 Å². The number of aromatic nitrogens is 1. The zero-order valence-corrected chi connectivity index (χ0v) is 18.5. The molecule has 0 fully saturated rings. The lowest BCUT2D eigenvalue weighted by molar-refractivity contribution is -0.141. The molecule has 8 heteroatoms. The van der Waals surface area contributed by atoms with Crippen molar-refractivity contribution in [3.8, 4) is 0 Å². The van der Waals surface area contributed by atoms with Crippen LogP contribution in [0, 0.1) is 13.8 Å². The van der Waals surface area contributed by atoms with Gasteiger partial charge in [0.2, 0.25) is 5.78 Å². The molecule has 2 aromatic rings. The van der Waals surface area contributed by atoms with Crippen LogP contribution in [-0.2, 0) is 14.3 Å². The highest BCUT2D eigenvalue weighted by Crippen LogP contribution is 2.21. The minimum absolute atomic E-state index is 0.0814. The molecule has 1 amide bonds. The van der Waals surface area contributed by atoms with Gasteiger partial charge in [-0.2, -0.15) is 0 Å². The minimum Gasteiger partial charge on any atom is -0.456 e. The minimum atomic E-state index is -0.676. The Morgan fingerprint density at radius 2 is 1.83 bits per heavy atom. The van der Waals surface area contributed by atoms with E-state index in [0.717, 1.165) is 15.9 Å². The number of ketones is 1. The number of halogens is 1. The van der Waals surface area contributed by atoms with E-state index in [0.29, 0.717) is 17.7 Å². The van der Waals surface area contributed by atoms with E-state index < -0.39 is 11.9 Å². The lowest BCUT2D eigenvalue weighted by atomic mass is 10.1. The summed E-state index contributed by atoms with van der Waals surface area (Å²) in [6.45, 7) is 5.61. The molecule has 0 radical (unpaired) electrons. The highest BCUT2D eigenvalue weighted by Gasteiger charge is 2.20. The first-order valence-electron chi connectivity index (χ1n) is 9.14. The third kappa shape index (κ3) is 6.01. The quantitative estimate of drug-likeness (QED) is 0.454. The van der Waals surface area contributed by atoms with Gasteiger partial charge in [-0.3, -0.25) is 14.4 Å². The molecule has 29 heavy (non-hydrogen) atoms. The van der Waals surface area contributed by atoms with Gasteiger partial charge in [-0.1, -0.05) is 15.9 Å². The van der Waals surface area contributed by atoms with Crippen LogP contribution >= 0.6 is 15.9 Å². The average Bonchev–Trinajstić information content (AvgIpc) is 2.99.